The van der Waals surface area contributed by atoms with Crippen LogP contribution in [0.5, 0.6) is 0 Å². The molecule has 2 rings (SSSR count). The fourth-order valence-corrected chi connectivity index (χ4v) is 2.88. The Bertz CT molecular complexity index is 904. The molecule has 0 saturated heterocycles. The van der Waals surface area contributed by atoms with Gasteiger partial charge in [-0.3, -0.25) is 4.72 Å². The summed E-state index contributed by atoms with van der Waals surface area (Å²) in [6.07, 6.45) is 0.843. The van der Waals surface area contributed by atoms with Crippen molar-refractivity contribution in [3.63, 3.8) is 0 Å². The van der Waals surface area contributed by atoms with Crippen molar-refractivity contribution in [1.29, 1.82) is 5.26 Å². The summed E-state index contributed by atoms with van der Waals surface area (Å²) in [6.45, 7) is 0. The molecule has 2 aromatic carbocycles. The van der Waals surface area contributed by atoms with Gasteiger partial charge in [0.05, 0.1) is 0 Å². The summed E-state index contributed by atoms with van der Waals surface area (Å²) in [7, 11) is -4.19. The molecule has 0 unspecified atom stereocenters. The Morgan fingerprint density at radius 3 is 2.39 bits per heavy atom. The number of halogens is 3. The lowest BCUT2D eigenvalue weighted by Gasteiger charge is -2.07. The van der Waals surface area contributed by atoms with Crippen molar-refractivity contribution in [2.75, 3.05) is 4.72 Å². The molecule has 0 aliphatic rings. The molecule has 0 fully saturated rings. The predicted octanol–water partition coefficient (Wildman–Crippen LogP) is 4.03. The molecule has 0 bridgehead atoms. The summed E-state index contributed by atoms with van der Waals surface area (Å²) >= 11 is 3.21. The lowest BCUT2D eigenvalue weighted by atomic mass is 10.2. The maximum Gasteiger partial charge on any atom is 0.272 e. The van der Waals surface area contributed by atoms with Crippen LogP contribution < -0.4 is 4.72 Å². The first-order valence-electron chi connectivity index (χ1n) is 6.17. The van der Waals surface area contributed by atoms with Gasteiger partial charge in [0.15, 0.2) is 4.91 Å². The number of rotatable bonds is 4. The molecule has 0 atom stereocenters. The Morgan fingerprint density at radius 2 is 1.83 bits per heavy atom. The number of nitriles is 1. The molecule has 0 aliphatic carbocycles. The second-order valence-electron chi connectivity index (χ2n) is 4.40. The van der Waals surface area contributed by atoms with Crippen molar-refractivity contribution in [2.24, 2.45) is 0 Å². The second-order valence-corrected chi connectivity index (χ2v) is 6.97. The Kier molecular flexibility index (Phi) is 5.13. The van der Waals surface area contributed by atoms with Crippen LogP contribution in [0.1, 0.15) is 5.56 Å². The van der Waals surface area contributed by atoms with Crippen molar-refractivity contribution in [3.05, 3.63) is 69.0 Å². The number of nitrogens with one attached hydrogen (secondary N) is 1. The molecule has 2 aromatic rings. The molecule has 0 aliphatic heterocycles. The SMILES string of the molecule is N#C/C(=C\c1ccc(F)cc1F)S(=O)(=O)Nc1ccc(Br)cc1. The second kappa shape index (κ2) is 6.89. The van der Waals surface area contributed by atoms with Crippen LogP contribution in [-0.4, -0.2) is 8.42 Å². The largest absolute Gasteiger partial charge is 0.279 e. The number of benzene rings is 2. The number of sulfonamides is 1. The van der Waals surface area contributed by atoms with Crippen LogP contribution in [0.25, 0.3) is 6.08 Å². The molecule has 23 heavy (non-hydrogen) atoms. The van der Waals surface area contributed by atoms with Gasteiger partial charge in [-0.1, -0.05) is 15.9 Å². The fourth-order valence-electron chi connectivity index (χ4n) is 1.66. The Morgan fingerprint density at radius 1 is 1.17 bits per heavy atom. The van der Waals surface area contributed by atoms with Crippen LogP contribution in [0.4, 0.5) is 14.5 Å². The van der Waals surface area contributed by atoms with E-state index >= 15 is 0 Å². The van der Waals surface area contributed by atoms with E-state index in [-0.39, 0.29) is 11.3 Å². The molecule has 0 spiro atoms. The zero-order valence-electron chi connectivity index (χ0n) is 11.4. The molecule has 0 heterocycles. The van der Waals surface area contributed by atoms with Crippen LogP contribution in [-0.2, 0) is 10.0 Å². The van der Waals surface area contributed by atoms with E-state index in [1.54, 1.807) is 12.1 Å². The molecule has 0 aromatic heterocycles. The van der Waals surface area contributed by atoms with E-state index in [9.17, 15) is 17.2 Å². The van der Waals surface area contributed by atoms with Gasteiger partial charge in [-0.25, -0.2) is 17.2 Å². The third-order valence-electron chi connectivity index (χ3n) is 2.75. The van der Waals surface area contributed by atoms with Gasteiger partial charge in [0, 0.05) is 21.8 Å². The minimum Gasteiger partial charge on any atom is -0.279 e. The van der Waals surface area contributed by atoms with Crippen molar-refractivity contribution >= 4 is 37.7 Å². The highest BCUT2D eigenvalue weighted by molar-refractivity contribution is 9.10. The highest BCUT2D eigenvalue weighted by atomic mass is 79.9. The molecule has 0 saturated carbocycles. The van der Waals surface area contributed by atoms with E-state index in [1.165, 1.54) is 18.2 Å². The number of anilines is 1. The summed E-state index contributed by atoms with van der Waals surface area (Å²) in [5, 5.41) is 9.05. The van der Waals surface area contributed by atoms with Crippen LogP contribution in [0.15, 0.2) is 51.8 Å². The summed E-state index contributed by atoms with van der Waals surface area (Å²) in [6, 6.07) is 10.4. The van der Waals surface area contributed by atoms with Gasteiger partial charge in [0.25, 0.3) is 10.0 Å². The Balaban J connectivity index is 2.37. The molecule has 8 heteroatoms. The van der Waals surface area contributed by atoms with E-state index in [4.69, 9.17) is 5.26 Å². The number of hydrogen-bond acceptors (Lipinski definition) is 3. The third kappa shape index (κ3) is 4.37. The van der Waals surface area contributed by atoms with Crippen LogP contribution in [0.3, 0.4) is 0 Å². The number of nitrogens with zero attached hydrogens (tertiary/aromatic N) is 1. The number of allylic oxidation sites excluding steroid dienone is 1. The van der Waals surface area contributed by atoms with Crippen LogP contribution in [0.2, 0.25) is 0 Å². The van der Waals surface area contributed by atoms with Gasteiger partial charge in [-0.2, -0.15) is 5.26 Å². The van der Waals surface area contributed by atoms with E-state index in [0.717, 1.165) is 22.7 Å². The minimum atomic E-state index is -4.19. The van der Waals surface area contributed by atoms with Gasteiger partial charge in [0.2, 0.25) is 0 Å². The first-order valence-corrected chi connectivity index (χ1v) is 8.45. The van der Waals surface area contributed by atoms with Crippen molar-refractivity contribution in [1.82, 2.24) is 0 Å². The van der Waals surface area contributed by atoms with Gasteiger partial charge in [-0.05, 0) is 42.5 Å². The molecule has 0 amide bonds. The molecular weight excluding hydrogens is 390 g/mol. The lowest BCUT2D eigenvalue weighted by Crippen LogP contribution is -2.14. The zero-order valence-corrected chi connectivity index (χ0v) is 13.8. The summed E-state index contributed by atoms with van der Waals surface area (Å²) < 4.78 is 53.8. The maximum absolute atomic E-state index is 13.6. The summed E-state index contributed by atoms with van der Waals surface area (Å²) in [5.74, 6) is -1.76. The first kappa shape index (κ1) is 17.1. The van der Waals surface area contributed by atoms with Crippen LogP contribution >= 0.6 is 15.9 Å². The van der Waals surface area contributed by atoms with Crippen molar-refractivity contribution in [2.45, 2.75) is 0 Å². The predicted molar refractivity (Wildman–Crippen MR) is 86.6 cm³/mol. The lowest BCUT2D eigenvalue weighted by molar-refractivity contribution is 0.581. The third-order valence-corrected chi connectivity index (χ3v) is 4.57. The van der Waals surface area contributed by atoms with Crippen molar-refractivity contribution in [3.8, 4) is 6.07 Å². The Labute approximate surface area is 140 Å². The minimum absolute atomic E-state index is 0.205. The first-order chi connectivity index (χ1) is 10.8. The summed E-state index contributed by atoms with van der Waals surface area (Å²) in [5.41, 5.74) is 0.0399. The summed E-state index contributed by atoms with van der Waals surface area (Å²) in [4.78, 5) is -0.689. The highest BCUT2D eigenvalue weighted by Gasteiger charge is 2.18. The zero-order chi connectivity index (χ0) is 17.0. The highest BCUT2D eigenvalue weighted by Crippen LogP contribution is 2.20. The average Bonchev–Trinajstić information content (AvgIpc) is 2.48. The maximum atomic E-state index is 13.6. The molecule has 1 N–H and O–H groups in total. The monoisotopic (exact) mass is 398 g/mol. The normalized spacial score (nSPS) is 11.8. The Hall–Kier alpha value is -2.24. The van der Waals surface area contributed by atoms with Crippen LogP contribution in [0, 0.1) is 23.0 Å². The van der Waals surface area contributed by atoms with E-state index < -0.39 is 26.6 Å². The molecule has 118 valence electrons. The smallest absolute Gasteiger partial charge is 0.272 e. The molecule has 0 radical (unpaired) electrons. The van der Waals surface area contributed by atoms with E-state index in [1.807, 2.05) is 0 Å². The van der Waals surface area contributed by atoms with Gasteiger partial charge in [-0.15, -0.1) is 0 Å². The average molecular weight is 399 g/mol. The molecule has 4 nitrogen and oxygen atoms in total. The quantitative estimate of drug-likeness (QED) is 0.790. The van der Waals surface area contributed by atoms with E-state index in [2.05, 4.69) is 20.7 Å². The topological polar surface area (TPSA) is 70.0 Å². The van der Waals surface area contributed by atoms with E-state index in [0.29, 0.717) is 6.07 Å². The standard InChI is InChI=1S/C15H9BrF2N2O2S/c16-11-2-5-13(6-3-11)20-23(21,22)14(9-19)7-10-1-4-12(17)8-15(10)18/h1-8,20H/b14-7+. The van der Waals surface area contributed by atoms with Gasteiger partial charge < -0.3 is 0 Å². The fraction of sp³-hybridized carbons (Fsp3) is 0. The number of hydrogen-bond donors (Lipinski definition) is 1. The van der Waals surface area contributed by atoms with Crippen molar-refractivity contribution < 1.29 is 17.2 Å². The van der Waals surface area contributed by atoms with Gasteiger partial charge in [0.1, 0.15) is 17.7 Å². The van der Waals surface area contributed by atoms with Gasteiger partial charge >= 0.3 is 0 Å². The molecular formula is C15H9BrF2N2O2S.